The molecule has 0 bridgehead atoms. The van der Waals surface area contributed by atoms with Gasteiger partial charge in [0.1, 0.15) is 11.1 Å². The average Bonchev–Trinajstić information content (AvgIpc) is 2.84. The van der Waals surface area contributed by atoms with E-state index in [9.17, 15) is 4.79 Å². The molecule has 0 aliphatic rings. The van der Waals surface area contributed by atoms with Gasteiger partial charge in [-0.1, -0.05) is 0 Å². The highest BCUT2D eigenvalue weighted by atomic mass is 16.5. The average molecular weight is 256 g/mol. The van der Waals surface area contributed by atoms with E-state index in [0.29, 0.717) is 11.0 Å². The Hall–Kier alpha value is -2.63. The molecule has 6 heteroatoms. The molecule has 0 saturated carbocycles. The summed E-state index contributed by atoms with van der Waals surface area (Å²) in [6, 6.07) is 5.66. The number of rotatable bonds is 2. The number of fused-ring (bicyclic) bond motifs is 1. The van der Waals surface area contributed by atoms with Crippen molar-refractivity contribution in [2.45, 2.75) is 6.92 Å². The molecule has 0 aliphatic heterocycles. The third-order valence-corrected chi connectivity index (χ3v) is 3.00. The number of H-pyrrole nitrogens is 1. The van der Waals surface area contributed by atoms with E-state index in [2.05, 4.69) is 15.1 Å². The van der Waals surface area contributed by atoms with Crippen LogP contribution in [-0.4, -0.2) is 26.9 Å². The Morgan fingerprint density at radius 3 is 2.95 bits per heavy atom. The maximum absolute atomic E-state index is 11.6. The summed E-state index contributed by atoms with van der Waals surface area (Å²) in [5.41, 5.74) is 2.21. The molecule has 0 unspecified atom stereocenters. The highest BCUT2D eigenvalue weighted by Crippen LogP contribution is 2.21. The van der Waals surface area contributed by atoms with Crippen LogP contribution >= 0.6 is 0 Å². The zero-order chi connectivity index (χ0) is 13.4. The van der Waals surface area contributed by atoms with Gasteiger partial charge in [0.25, 0.3) is 5.56 Å². The number of ether oxygens (including phenoxy) is 1. The van der Waals surface area contributed by atoms with Crippen LogP contribution in [0.25, 0.3) is 16.7 Å². The van der Waals surface area contributed by atoms with Gasteiger partial charge in [-0.05, 0) is 30.7 Å². The fourth-order valence-electron chi connectivity index (χ4n) is 2.03. The van der Waals surface area contributed by atoms with Gasteiger partial charge < -0.3 is 9.72 Å². The monoisotopic (exact) mass is 256 g/mol. The fraction of sp³-hybridized carbons (Fsp3) is 0.154. The maximum atomic E-state index is 11.6. The largest absolute Gasteiger partial charge is 0.497 e. The number of hydrogen-bond donors (Lipinski definition) is 1. The van der Waals surface area contributed by atoms with Crippen LogP contribution < -0.4 is 10.3 Å². The molecule has 0 radical (unpaired) electrons. The predicted molar refractivity (Wildman–Crippen MR) is 70.8 cm³/mol. The second-order valence-corrected chi connectivity index (χ2v) is 4.18. The number of aromatic nitrogens is 4. The summed E-state index contributed by atoms with van der Waals surface area (Å²) >= 11 is 0. The molecular weight excluding hydrogens is 244 g/mol. The van der Waals surface area contributed by atoms with Crippen molar-refractivity contribution in [3.05, 3.63) is 46.6 Å². The minimum absolute atomic E-state index is 0.192. The lowest BCUT2D eigenvalue weighted by Crippen LogP contribution is -2.07. The Labute approximate surface area is 108 Å². The zero-order valence-electron chi connectivity index (χ0n) is 10.5. The first-order valence-corrected chi connectivity index (χ1v) is 5.77. The van der Waals surface area contributed by atoms with E-state index in [4.69, 9.17) is 4.74 Å². The first kappa shape index (κ1) is 11.5. The lowest BCUT2D eigenvalue weighted by Gasteiger charge is -2.08. The van der Waals surface area contributed by atoms with Gasteiger partial charge in [-0.2, -0.15) is 5.10 Å². The first-order valence-electron chi connectivity index (χ1n) is 5.77. The smallest absolute Gasteiger partial charge is 0.261 e. The number of aromatic amines is 1. The van der Waals surface area contributed by atoms with E-state index in [-0.39, 0.29) is 5.56 Å². The number of nitrogens with one attached hydrogen (secondary N) is 1. The standard InChI is InChI=1S/C13H12N4O2/c1-8-5-9(19-2)3-4-11(8)17-12-10(6-16-17)13(18)15-7-14-12/h3-7H,1-2H3,(H,14,15,18). The van der Waals surface area contributed by atoms with Crippen molar-refractivity contribution < 1.29 is 4.74 Å². The third-order valence-electron chi connectivity index (χ3n) is 3.00. The lowest BCUT2D eigenvalue weighted by atomic mass is 10.2. The SMILES string of the molecule is COc1ccc(-n2ncc3c(=O)[nH]cnc32)c(C)c1. The van der Waals surface area contributed by atoms with Crippen LogP contribution in [0.4, 0.5) is 0 Å². The molecule has 0 atom stereocenters. The van der Waals surface area contributed by atoms with Gasteiger partial charge in [-0.3, -0.25) is 4.79 Å². The lowest BCUT2D eigenvalue weighted by molar-refractivity contribution is 0.414. The van der Waals surface area contributed by atoms with E-state index in [0.717, 1.165) is 17.0 Å². The molecule has 3 aromatic rings. The van der Waals surface area contributed by atoms with Gasteiger partial charge in [0, 0.05) is 0 Å². The second kappa shape index (κ2) is 4.24. The number of methoxy groups -OCH3 is 1. The van der Waals surface area contributed by atoms with Gasteiger partial charge in [-0.25, -0.2) is 9.67 Å². The third kappa shape index (κ3) is 1.77. The molecule has 0 saturated heterocycles. The summed E-state index contributed by atoms with van der Waals surface area (Å²) in [4.78, 5) is 18.3. The van der Waals surface area contributed by atoms with Crippen molar-refractivity contribution >= 4 is 11.0 Å². The molecule has 2 heterocycles. The quantitative estimate of drug-likeness (QED) is 0.752. The van der Waals surface area contributed by atoms with Crippen molar-refractivity contribution in [3.63, 3.8) is 0 Å². The highest BCUT2D eigenvalue weighted by Gasteiger charge is 2.10. The van der Waals surface area contributed by atoms with Crippen LogP contribution in [0.2, 0.25) is 0 Å². The molecule has 0 spiro atoms. The second-order valence-electron chi connectivity index (χ2n) is 4.18. The fourth-order valence-corrected chi connectivity index (χ4v) is 2.03. The van der Waals surface area contributed by atoms with Crippen LogP contribution in [0.3, 0.4) is 0 Å². The highest BCUT2D eigenvalue weighted by molar-refractivity contribution is 5.75. The molecule has 0 fully saturated rings. The van der Waals surface area contributed by atoms with Crippen LogP contribution in [0.1, 0.15) is 5.56 Å². The topological polar surface area (TPSA) is 72.8 Å². The van der Waals surface area contributed by atoms with E-state index in [1.165, 1.54) is 12.5 Å². The Bertz CT molecular complexity index is 804. The van der Waals surface area contributed by atoms with Gasteiger partial charge in [0.2, 0.25) is 0 Å². The molecule has 0 amide bonds. The summed E-state index contributed by atoms with van der Waals surface area (Å²) in [6.45, 7) is 1.96. The summed E-state index contributed by atoms with van der Waals surface area (Å²) in [7, 11) is 1.62. The van der Waals surface area contributed by atoms with Crippen molar-refractivity contribution in [1.82, 2.24) is 19.7 Å². The number of nitrogens with zero attached hydrogens (tertiary/aromatic N) is 3. The van der Waals surface area contributed by atoms with Crippen molar-refractivity contribution in [3.8, 4) is 11.4 Å². The molecular formula is C13H12N4O2. The van der Waals surface area contributed by atoms with Crippen molar-refractivity contribution in [2.75, 3.05) is 7.11 Å². The Morgan fingerprint density at radius 2 is 2.21 bits per heavy atom. The molecule has 1 N–H and O–H groups in total. The number of benzene rings is 1. The van der Waals surface area contributed by atoms with Crippen molar-refractivity contribution in [2.24, 2.45) is 0 Å². The van der Waals surface area contributed by atoms with Gasteiger partial charge >= 0.3 is 0 Å². The number of hydrogen-bond acceptors (Lipinski definition) is 4. The minimum atomic E-state index is -0.192. The predicted octanol–water partition coefficient (Wildman–Crippen LogP) is 1.43. The molecule has 96 valence electrons. The molecule has 3 rings (SSSR count). The van der Waals surface area contributed by atoms with E-state index in [1.807, 2.05) is 25.1 Å². The van der Waals surface area contributed by atoms with E-state index >= 15 is 0 Å². The first-order chi connectivity index (χ1) is 9.20. The Morgan fingerprint density at radius 1 is 1.37 bits per heavy atom. The molecule has 19 heavy (non-hydrogen) atoms. The summed E-state index contributed by atoms with van der Waals surface area (Å²) in [5.74, 6) is 0.781. The summed E-state index contributed by atoms with van der Waals surface area (Å²) in [6.07, 6.45) is 2.90. The normalized spacial score (nSPS) is 10.8. The maximum Gasteiger partial charge on any atom is 0.261 e. The molecule has 2 aromatic heterocycles. The van der Waals surface area contributed by atoms with E-state index in [1.54, 1.807) is 11.8 Å². The summed E-state index contributed by atoms with van der Waals surface area (Å²) in [5, 5.41) is 4.71. The van der Waals surface area contributed by atoms with E-state index < -0.39 is 0 Å². The van der Waals surface area contributed by atoms with Crippen LogP contribution in [0.5, 0.6) is 5.75 Å². The molecule has 1 aromatic carbocycles. The van der Waals surface area contributed by atoms with Crippen LogP contribution in [0.15, 0.2) is 35.5 Å². The number of aryl methyl sites for hydroxylation is 1. The van der Waals surface area contributed by atoms with Crippen molar-refractivity contribution in [1.29, 1.82) is 0 Å². The Balaban J connectivity index is 2.25. The van der Waals surface area contributed by atoms with Crippen LogP contribution in [-0.2, 0) is 0 Å². The molecule has 6 nitrogen and oxygen atoms in total. The van der Waals surface area contributed by atoms with Gasteiger partial charge in [0.05, 0.1) is 25.3 Å². The zero-order valence-corrected chi connectivity index (χ0v) is 10.5. The van der Waals surface area contributed by atoms with Gasteiger partial charge in [0.15, 0.2) is 5.65 Å². The minimum Gasteiger partial charge on any atom is -0.497 e. The summed E-state index contributed by atoms with van der Waals surface area (Å²) < 4.78 is 6.83. The molecule has 0 aliphatic carbocycles. The van der Waals surface area contributed by atoms with Crippen LogP contribution in [0, 0.1) is 6.92 Å². The Kier molecular flexibility index (Phi) is 2.56. The van der Waals surface area contributed by atoms with Gasteiger partial charge in [-0.15, -0.1) is 0 Å².